The zero-order chi connectivity index (χ0) is 18.6. The topological polar surface area (TPSA) is 54.5 Å². The first-order valence-corrected chi connectivity index (χ1v) is 9.29. The zero-order valence-electron chi connectivity index (χ0n) is 15.4. The molecule has 138 valence electrons. The number of hydrogen-bond donors (Lipinski definition) is 1. The lowest BCUT2D eigenvalue weighted by Crippen LogP contribution is -2.48. The number of rotatable bonds is 4. The molecule has 2 heterocycles. The lowest BCUT2D eigenvalue weighted by Gasteiger charge is -2.35. The number of methoxy groups -OCH3 is 1. The van der Waals surface area contributed by atoms with Gasteiger partial charge in [-0.05, 0) is 36.4 Å². The molecule has 5 nitrogen and oxygen atoms in total. The van der Waals surface area contributed by atoms with E-state index in [1.807, 2.05) is 48.5 Å². The Morgan fingerprint density at radius 2 is 1.96 bits per heavy atom. The van der Waals surface area contributed by atoms with Crippen molar-refractivity contribution in [3.05, 3.63) is 66.5 Å². The number of piperidine rings is 1. The van der Waals surface area contributed by atoms with Gasteiger partial charge in [0.2, 0.25) is 0 Å². The van der Waals surface area contributed by atoms with E-state index in [0.29, 0.717) is 5.69 Å². The minimum absolute atomic E-state index is 0.0805. The Hall–Kier alpha value is -3.08. The van der Waals surface area contributed by atoms with Crippen molar-refractivity contribution in [3.63, 3.8) is 0 Å². The minimum Gasteiger partial charge on any atom is -0.495 e. The maximum atomic E-state index is 12.9. The number of para-hydroxylation sites is 2. The Kier molecular flexibility index (Phi) is 4.92. The van der Waals surface area contributed by atoms with Crippen LogP contribution in [0.5, 0.6) is 5.75 Å². The van der Waals surface area contributed by atoms with Crippen molar-refractivity contribution >= 4 is 22.4 Å². The van der Waals surface area contributed by atoms with Crippen LogP contribution in [0.3, 0.4) is 0 Å². The molecule has 1 aromatic heterocycles. The van der Waals surface area contributed by atoms with Crippen LogP contribution in [-0.2, 0) is 0 Å². The Bertz CT molecular complexity index is 952. The summed E-state index contributed by atoms with van der Waals surface area (Å²) in [5, 5.41) is 5.09. The molecule has 4 rings (SSSR count). The fraction of sp³-hybridized carbons (Fsp3) is 0.273. The molecule has 1 atom stereocenters. The monoisotopic (exact) mass is 361 g/mol. The number of carbonyl (C=O) groups is 1. The lowest BCUT2D eigenvalue weighted by atomic mass is 10.0. The predicted octanol–water partition coefficient (Wildman–Crippen LogP) is 3.64. The average Bonchev–Trinajstić information content (AvgIpc) is 2.73. The zero-order valence-corrected chi connectivity index (χ0v) is 15.4. The predicted molar refractivity (Wildman–Crippen MR) is 107 cm³/mol. The third-order valence-electron chi connectivity index (χ3n) is 5.07. The van der Waals surface area contributed by atoms with E-state index < -0.39 is 0 Å². The molecule has 0 saturated carbocycles. The summed E-state index contributed by atoms with van der Waals surface area (Å²) < 4.78 is 5.49. The van der Waals surface area contributed by atoms with Gasteiger partial charge in [0.05, 0.1) is 12.8 Å². The highest BCUT2D eigenvalue weighted by Crippen LogP contribution is 2.30. The molecule has 0 spiro atoms. The number of nitrogens with zero attached hydrogens (tertiary/aromatic N) is 2. The molecule has 1 fully saturated rings. The second-order valence-corrected chi connectivity index (χ2v) is 6.81. The molecule has 1 unspecified atom stereocenters. The highest BCUT2D eigenvalue weighted by atomic mass is 16.5. The summed E-state index contributed by atoms with van der Waals surface area (Å²) >= 11 is 0. The smallest absolute Gasteiger partial charge is 0.270 e. The Balaban J connectivity index is 1.51. The summed E-state index contributed by atoms with van der Waals surface area (Å²) in [6, 6.07) is 17.9. The van der Waals surface area contributed by atoms with Crippen molar-refractivity contribution in [1.82, 2.24) is 10.3 Å². The first-order chi connectivity index (χ1) is 13.3. The van der Waals surface area contributed by atoms with Crippen LogP contribution in [-0.4, -0.2) is 37.1 Å². The van der Waals surface area contributed by atoms with Gasteiger partial charge in [-0.25, -0.2) is 0 Å². The molecule has 1 aliphatic rings. The normalized spacial score (nSPS) is 16.9. The van der Waals surface area contributed by atoms with Crippen LogP contribution >= 0.6 is 0 Å². The van der Waals surface area contributed by atoms with Crippen molar-refractivity contribution in [2.24, 2.45) is 0 Å². The number of benzene rings is 2. The van der Waals surface area contributed by atoms with Gasteiger partial charge in [-0.15, -0.1) is 0 Å². The van der Waals surface area contributed by atoms with Gasteiger partial charge in [0.1, 0.15) is 11.4 Å². The molecular weight excluding hydrogens is 338 g/mol. The number of hydrogen-bond acceptors (Lipinski definition) is 4. The SMILES string of the molecule is COc1ccccc1N1CCCC(NC(=O)c2nccc3ccccc23)C1. The number of nitrogens with one attached hydrogen (secondary N) is 1. The summed E-state index contributed by atoms with van der Waals surface area (Å²) in [6.07, 6.45) is 3.67. The van der Waals surface area contributed by atoms with E-state index >= 15 is 0 Å². The highest BCUT2D eigenvalue weighted by Gasteiger charge is 2.24. The molecule has 0 bridgehead atoms. The molecule has 0 radical (unpaired) electrons. The van der Waals surface area contributed by atoms with Gasteiger partial charge in [-0.2, -0.15) is 0 Å². The largest absolute Gasteiger partial charge is 0.495 e. The summed E-state index contributed by atoms with van der Waals surface area (Å²) in [4.78, 5) is 19.5. The Morgan fingerprint density at radius 1 is 1.15 bits per heavy atom. The van der Waals surface area contributed by atoms with Crippen LogP contribution < -0.4 is 15.0 Å². The fourth-order valence-corrected chi connectivity index (χ4v) is 3.76. The van der Waals surface area contributed by atoms with Crippen molar-refractivity contribution in [1.29, 1.82) is 0 Å². The molecule has 1 aliphatic heterocycles. The van der Waals surface area contributed by atoms with Crippen molar-refractivity contribution in [3.8, 4) is 5.75 Å². The second kappa shape index (κ2) is 7.66. The number of carbonyl (C=O) groups excluding carboxylic acids is 1. The molecule has 5 heteroatoms. The maximum Gasteiger partial charge on any atom is 0.270 e. The maximum absolute atomic E-state index is 12.9. The number of anilines is 1. The molecule has 1 amide bonds. The van der Waals surface area contributed by atoms with Crippen LogP contribution in [0.2, 0.25) is 0 Å². The molecule has 27 heavy (non-hydrogen) atoms. The number of ether oxygens (including phenoxy) is 1. The van der Waals surface area contributed by atoms with Crippen LogP contribution in [0.4, 0.5) is 5.69 Å². The van der Waals surface area contributed by atoms with Crippen LogP contribution in [0, 0.1) is 0 Å². The third-order valence-corrected chi connectivity index (χ3v) is 5.07. The number of aromatic nitrogens is 1. The van der Waals surface area contributed by atoms with Gasteiger partial charge >= 0.3 is 0 Å². The van der Waals surface area contributed by atoms with E-state index in [0.717, 1.165) is 48.1 Å². The first-order valence-electron chi connectivity index (χ1n) is 9.29. The number of pyridine rings is 1. The summed E-state index contributed by atoms with van der Waals surface area (Å²) in [6.45, 7) is 1.72. The van der Waals surface area contributed by atoms with Gasteiger partial charge < -0.3 is 15.0 Å². The van der Waals surface area contributed by atoms with Gasteiger partial charge in [-0.1, -0.05) is 36.4 Å². The van der Waals surface area contributed by atoms with Gasteiger partial charge in [-0.3, -0.25) is 9.78 Å². The average molecular weight is 361 g/mol. The van der Waals surface area contributed by atoms with E-state index in [1.54, 1.807) is 13.3 Å². The molecule has 0 aliphatic carbocycles. The molecule has 3 aromatic rings. The van der Waals surface area contributed by atoms with E-state index in [-0.39, 0.29) is 11.9 Å². The van der Waals surface area contributed by atoms with Gasteiger partial charge in [0.15, 0.2) is 0 Å². The highest BCUT2D eigenvalue weighted by molar-refractivity contribution is 6.05. The molecule has 2 aromatic carbocycles. The lowest BCUT2D eigenvalue weighted by molar-refractivity contribution is 0.0930. The van der Waals surface area contributed by atoms with E-state index in [4.69, 9.17) is 4.74 Å². The summed E-state index contributed by atoms with van der Waals surface area (Å²) in [7, 11) is 1.69. The summed E-state index contributed by atoms with van der Waals surface area (Å²) in [5.74, 6) is 0.749. The molecule has 1 saturated heterocycles. The first kappa shape index (κ1) is 17.3. The van der Waals surface area contributed by atoms with Gasteiger partial charge in [0.25, 0.3) is 5.91 Å². The van der Waals surface area contributed by atoms with E-state index in [2.05, 4.69) is 21.3 Å². The third kappa shape index (κ3) is 3.58. The quantitative estimate of drug-likeness (QED) is 0.771. The number of amides is 1. The second-order valence-electron chi connectivity index (χ2n) is 6.81. The molecule has 1 N–H and O–H groups in total. The summed E-state index contributed by atoms with van der Waals surface area (Å²) in [5.41, 5.74) is 1.56. The van der Waals surface area contributed by atoms with Gasteiger partial charge in [0, 0.05) is 30.7 Å². The van der Waals surface area contributed by atoms with Crippen molar-refractivity contribution < 1.29 is 9.53 Å². The minimum atomic E-state index is -0.112. The van der Waals surface area contributed by atoms with E-state index in [1.165, 1.54) is 0 Å². The van der Waals surface area contributed by atoms with Crippen LogP contribution in [0.25, 0.3) is 10.8 Å². The van der Waals surface area contributed by atoms with Crippen LogP contribution in [0.15, 0.2) is 60.8 Å². The van der Waals surface area contributed by atoms with Crippen LogP contribution in [0.1, 0.15) is 23.3 Å². The standard InChI is InChI=1S/C22H23N3O2/c1-27-20-11-5-4-10-19(20)25-14-6-8-17(15-25)24-22(26)21-18-9-3-2-7-16(18)12-13-23-21/h2-5,7,9-13,17H,6,8,14-15H2,1H3,(H,24,26). The van der Waals surface area contributed by atoms with Crippen molar-refractivity contribution in [2.45, 2.75) is 18.9 Å². The Labute approximate surface area is 159 Å². The number of fused-ring (bicyclic) bond motifs is 1. The molecular formula is C22H23N3O2. The van der Waals surface area contributed by atoms with E-state index in [9.17, 15) is 4.79 Å². The fourth-order valence-electron chi connectivity index (χ4n) is 3.76. The van der Waals surface area contributed by atoms with Crippen molar-refractivity contribution in [2.75, 3.05) is 25.1 Å². The Morgan fingerprint density at radius 3 is 2.85 bits per heavy atom.